The van der Waals surface area contributed by atoms with Crippen LogP contribution in [0, 0.1) is 11.3 Å². The van der Waals surface area contributed by atoms with Gasteiger partial charge in [-0.1, -0.05) is 41.5 Å². The molecule has 0 rings (SSSR count). The number of carbonyl (C=O) groups is 2. The number of nitrogens with one attached hydrogen (secondary N) is 1. The second-order valence-electron chi connectivity index (χ2n) is 4.20. The fourth-order valence-corrected chi connectivity index (χ4v) is 0.709. The van der Waals surface area contributed by atoms with Crippen molar-refractivity contribution in [2.24, 2.45) is 11.3 Å². The molecule has 0 bridgehead atoms. The van der Waals surface area contributed by atoms with E-state index in [-0.39, 0.29) is 23.8 Å². The lowest BCUT2D eigenvalue weighted by Crippen LogP contribution is -2.38. The highest BCUT2D eigenvalue weighted by Gasteiger charge is 2.26. The van der Waals surface area contributed by atoms with Gasteiger partial charge < -0.3 is 10.4 Å². The van der Waals surface area contributed by atoms with E-state index in [0.717, 1.165) is 0 Å². The van der Waals surface area contributed by atoms with Crippen LogP contribution in [0.1, 0.15) is 41.5 Å². The molecule has 0 aromatic carbocycles. The molecule has 1 unspecified atom stereocenters. The van der Waals surface area contributed by atoms with Crippen LogP contribution in [0.2, 0.25) is 0 Å². The van der Waals surface area contributed by atoms with Gasteiger partial charge in [0.15, 0.2) is 0 Å². The summed E-state index contributed by atoms with van der Waals surface area (Å²) in [5, 5.41) is 10.7. The van der Waals surface area contributed by atoms with Crippen LogP contribution >= 0.6 is 0 Å². The highest BCUT2D eigenvalue weighted by atomic mass is 16.4. The lowest BCUT2D eigenvalue weighted by molar-refractivity contribution is -0.139. The van der Waals surface area contributed by atoms with E-state index in [9.17, 15) is 9.59 Å². The molecule has 4 nitrogen and oxygen atoms in total. The van der Waals surface area contributed by atoms with E-state index in [1.807, 2.05) is 34.6 Å². The zero-order valence-corrected chi connectivity index (χ0v) is 10.5. The number of carboxylic acid groups (broad SMARTS) is 1. The molecule has 15 heavy (non-hydrogen) atoms. The maximum Gasteiger partial charge on any atom is 0.322 e. The van der Waals surface area contributed by atoms with Crippen molar-refractivity contribution in [2.75, 3.05) is 6.54 Å². The van der Waals surface area contributed by atoms with Crippen LogP contribution < -0.4 is 5.32 Å². The molecule has 1 amide bonds. The number of carbonyl (C=O) groups excluding carboxylic acids is 1. The van der Waals surface area contributed by atoms with Gasteiger partial charge in [-0.05, 0) is 5.41 Å². The summed E-state index contributed by atoms with van der Waals surface area (Å²) >= 11 is 0. The molecule has 2 N–H and O–H groups in total. The number of hydrogen-bond acceptors (Lipinski definition) is 2. The fraction of sp³-hybridized carbons (Fsp3) is 0.818. The molecule has 0 heterocycles. The molecule has 0 aliphatic heterocycles. The second kappa shape index (κ2) is 7.26. The molecule has 4 heteroatoms. The van der Waals surface area contributed by atoms with Gasteiger partial charge in [-0.3, -0.25) is 9.59 Å². The Hall–Kier alpha value is -1.06. The van der Waals surface area contributed by atoms with Gasteiger partial charge in [0.2, 0.25) is 5.91 Å². The van der Waals surface area contributed by atoms with Crippen molar-refractivity contribution in [1.82, 2.24) is 5.32 Å². The van der Waals surface area contributed by atoms with E-state index in [1.165, 1.54) is 0 Å². The van der Waals surface area contributed by atoms with Crippen molar-refractivity contribution >= 4 is 11.9 Å². The van der Waals surface area contributed by atoms with E-state index in [1.54, 1.807) is 6.92 Å². The van der Waals surface area contributed by atoms with Gasteiger partial charge in [0.1, 0.15) is 6.54 Å². The minimum Gasteiger partial charge on any atom is -0.480 e. The molecular formula is C11H23NO3. The lowest BCUT2D eigenvalue weighted by Gasteiger charge is -2.25. The van der Waals surface area contributed by atoms with Gasteiger partial charge >= 0.3 is 5.97 Å². The molecular weight excluding hydrogens is 194 g/mol. The van der Waals surface area contributed by atoms with Crippen molar-refractivity contribution in [3.05, 3.63) is 0 Å². The first-order valence-corrected chi connectivity index (χ1v) is 5.24. The van der Waals surface area contributed by atoms with Gasteiger partial charge in [-0.15, -0.1) is 0 Å². The van der Waals surface area contributed by atoms with Crippen LogP contribution in [-0.4, -0.2) is 23.5 Å². The van der Waals surface area contributed by atoms with Gasteiger partial charge in [0.05, 0.1) is 0 Å². The van der Waals surface area contributed by atoms with Crippen molar-refractivity contribution in [2.45, 2.75) is 41.5 Å². The predicted molar refractivity (Wildman–Crippen MR) is 60.6 cm³/mol. The van der Waals surface area contributed by atoms with E-state index < -0.39 is 5.97 Å². The van der Waals surface area contributed by atoms with E-state index in [2.05, 4.69) is 5.32 Å². The number of amides is 1. The average molecular weight is 217 g/mol. The van der Waals surface area contributed by atoms with Gasteiger partial charge in [0.25, 0.3) is 0 Å². The largest absolute Gasteiger partial charge is 0.480 e. The summed E-state index contributed by atoms with van der Waals surface area (Å²) in [6.07, 6.45) is 0. The van der Waals surface area contributed by atoms with Crippen LogP contribution in [0.3, 0.4) is 0 Å². The number of hydrogen-bond donors (Lipinski definition) is 2. The Morgan fingerprint density at radius 3 is 1.93 bits per heavy atom. The summed E-state index contributed by atoms with van der Waals surface area (Å²) in [4.78, 5) is 21.5. The predicted octanol–water partition coefficient (Wildman–Crippen LogP) is 1.90. The molecule has 0 saturated heterocycles. The summed E-state index contributed by atoms with van der Waals surface area (Å²) in [7, 11) is 0. The third-order valence-corrected chi connectivity index (χ3v) is 2.11. The standard InChI is InChI=1S/C9H17NO3.C2H6/c1-6(9(2,3)4)8(13)10-5-7(11)12;1-2/h6H,5H2,1-4H3,(H,10,13)(H,11,12);1-2H3. The van der Waals surface area contributed by atoms with Crippen LogP contribution in [0.25, 0.3) is 0 Å². The fourth-order valence-electron chi connectivity index (χ4n) is 0.709. The van der Waals surface area contributed by atoms with E-state index >= 15 is 0 Å². The first-order valence-electron chi connectivity index (χ1n) is 5.24. The Bertz CT molecular complexity index is 206. The van der Waals surface area contributed by atoms with Crippen molar-refractivity contribution < 1.29 is 14.7 Å². The SMILES string of the molecule is CC.CC(C(=O)NCC(=O)O)C(C)(C)C. The smallest absolute Gasteiger partial charge is 0.322 e. The Labute approximate surface area is 92.1 Å². The maximum atomic E-state index is 11.3. The molecule has 90 valence electrons. The Balaban J connectivity index is 0. The molecule has 0 aromatic heterocycles. The molecule has 0 radical (unpaired) electrons. The van der Waals surface area contributed by atoms with Gasteiger partial charge in [-0.2, -0.15) is 0 Å². The van der Waals surface area contributed by atoms with Gasteiger partial charge in [-0.25, -0.2) is 0 Å². The highest BCUT2D eigenvalue weighted by Crippen LogP contribution is 2.24. The van der Waals surface area contributed by atoms with Crippen molar-refractivity contribution in [3.63, 3.8) is 0 Å². The summed E-state index contributed by atoms with van der Waals surface area (Å²) < 4.78 is 0. The van der Waals surface area contributed by atoms with E-state index in [4.69, 9.17) is 5.11 Å². The number of rotatable bonds is 3. The quantitative estimate of drug-likeness (QED) is 0.758. The Morgan fingerprint density at radius 1 is 1.27 bits per heavy atom. The molecule has 1 atom stereocenters. The molecule has 0 aliphatic rings. The van der Waals surface area contributed by atoms with Gasteiger partial charge in [0, 0.05) is 5.92 Å². The molecule has 0 aliphatic carbocycles. The number of carboxylic acids is 1. The van der Waals surface area contributed by atoms with Crippen LogP contribution in [0.4, 0.5) is 0 Å². The van der Waals surface area contributed by atoms with Crippen molar-refractivity contribution in [1.29, 1.82) is 0 Å². The molecule has 0 aromatic rings. The number of aliphatic carboxylic acids is 1. The van der Waals surface area contributed by atoms with Crippen molar-refractivity contribution in [3.8, 4) is 0 Å². The minimum atomic E-state index is -1.02. The van der Waals surface area contributed by atoms with Crippen LogP contribution in [0.5, 0.6) is 0 Å². The highest BCUT2D eigenvalue weighted by molar-refractivity contribution is 5.83. The monoisotopic (exact) mass is 217 g/mol. The summed E-state index contributed by atoms with van der Waals surface area (Å²) in [5.41, 5.74) is -0.136. The molecule has 0 fully saturated rings. The normalized spacial score (nSPS) is 12.1. The third kappa shape index (κ3) is 7.97. The zero-order valence-electron chi connectivity index (χ0n) is 10.5. The van der Waals surface area contributed by atoms with Crippen LogP contribution in [0.15, 0.2) is 0 Å². The van der Waals surface area contributed by atoms with E-state index in [0.29, 0.717) is 0 Å². The average Bonchev–Trinajstić information content (AvgIpc) is 2.14. The topological polar surface area (TPSA) is 66.4 Å². The summed E-state index contributed by atoms with van der Waals surface area (Å²) in [6.45, 7) is 11.3. The first-order chi connectivity index (χ1) is 6.75. The molecule has 0 spiro atoms. The minimum absolute atomic E-state index is 0.136. The summed E-state index contributed by atoms with van der Waals surface area (Å²) in [5.74, 6) is -1.42. The zero-order chi connectivity index (χ0) is 12.6. The Kier molecular flexibility index (Phi) is 7.92. The first kappa shape index (κ1) is 16.4. The second-order valence-corrected chi connectivity index (χ2v) is 4.20. The Morgan fingerprint density at radius 2 is 1.67 bits per heavy atom. The summed E-state index contributed by atoms with van der Waals surface area (Å²) in [6, 6.07) is 0. The van der Waals surface area contributed by atoms with Crippen LogP contribution in [-0.2, 0) is 9.59 Å². The maximum absolute atomic E-state index is 11.3. The molecule has 0 saturated carbocycles. The lowest BCUT2D eigenvalue weighted by atomic mass is 9.81. The third-order valence-electron chi connectivity index (χ3n) is 2.11.